The van der Waals surface area contributed by atoms with E-state index in [9.17, 15) is 4.79 Å². The fourth-order valence-electron chi connectivity index (χ4n) is 1.91. The number of rotatable bonds is 11. The summed E-state index contributed by atoms with van der Waals surface area (Å²) in [5, 5.41) is 3.12. The fourth-order valence-corrected chi connectivity index (χ4v) is 1.91. The van der Waals surface area contributed by atoms with Gasteiger partial charge in [0.05, 0.1) is 13.2 Å². The molecule has 1 N–H and O–H groups in total. The molecule has 126 valence electrons. The van der Waals surface area contributed by atoms with Crippen molar-refractivity contribution < 1.29 is 14.3 Å². The van der Waals surface area contributed by atoms with Crippen LogP contribution in [0.1, 0.15) is 49.4 Å². The second kappa shape index (κ2) is 13.4. The number of carbonyl (C=O) groups is 1. The molecule has 0 aliphatic rings. The molecule has 1 aromatic carbocycles. The van der Waals surface area contributed by atoms with Gasteiger partial charge in [-0.05, 0) is 51.4 Å². The first-order valence-corrected chi connectivity index (χ1v) is 7.83. The molecule has 0 aliphatic heterocycles. The van der Waals surface area contributed by atoms with Crippen molar-refractivity contribution in [2.45, 2.75) is 39.0 Å². The van der Waals surface area contributed by atoms with Crippen LogP contribution < -0.4 is 10.1 Å². The summed E-state index contributed by atoms with van der Waals surface area (Å²) in [5.41, 5.74) is 0.517. The summed E-state index contributed by atoms with van der Waals surface area (Å²) in [6, 6.07) is 7.28. The molecule has 0 atom stereocenters. The van der Waals surface area contributed by atoms with E-state index in [2.05, 4.69) is 12.2 Å². The number of ether oxygens (including phenoxy) is 2. The molecule has 22 heavy (non-hydrogen) atoms. The summed E-state index contributed by atoms with van der Waals surface area (Å²) in [7, 11) is 1.96. The van der Waals surface area contributed by atoms with Gasteiger partial charge in [0.1, 0.15) is 11.3 Å². The first kappa shape index (κ1) is 20.7. The summed E-state index contributed by atoms with van der Waals surface area (Å²) >= 11 is 0. The van der Waals surface area contributed by atoms with E-state index >= 15 is 0 Å². The number of para-hydroxylation sites is 1. The van der Waals surface area contributed by atoms with Crippen molar-refractivity contribution in [3.05, 3.63) is 29.8 Å². The summed E-state index contributed by atoms with van der Waals surface area (Å²) in [4.78, 5) is 12.0. The van der Waals surface area contributed by atoms with Gasteiger partial charge in [-0.25, -0.2) is 4.79 Å². The molecule has 5 heteroatoms. The van der Waals surface area contributed by atoms with Gasteiger partial charge in [0.15, 0.2) is 0 Å². The van der Waals surface area contributed by atoms with Crippen molar-refractivity contribution in [1.29, 1.82) is 0 Å². The van der Waals surface area contributed by atoms with Gasteiger partial charge in [-0.15, -0.1) is 12.4 Å². The lowest BCUT2D eigenvalue weighted by Gasteiger charge is -2.11. The molecular formula is C17H28ClNO3. The van der Waals surface area contributed by atoms with E-state index in [1.54, 1.807) is 6.07 Å². The van der Waals surface area contributed by atoms with Crippen LogP contribution in [0.5, 0.6) is 5.75 Å². The van der Waals surface area contributed by atoms with Gasteiger partial charge < -0.3 is 14.8 Å². The standard InChI is InChI=1S/C17H27NO3.ClH/c1-3-4-13-21-17(19)15-10-6-7-11-16(15)20-14-9-5-8-12-18-2;/h6-7,10-11,18H,3-5,8-9,12-14H2,1-2H3;1H. The van der Waals surface area contributed by atoms with E-state index < -0.39 is 0 Å². The van der Waals surface area contributed by atoms with Crippen LogP contribution >= 0.6 is 12.4 Å². The molecule has 0 radical (unpaired) electrons. The van der Waals surface area contributed by atoms with Crippen molar-refractivity contribution in [3.63, 3.8) is 0 Å². The first-order chi connectivity index (χ1) is 10.3. The van der Waals surface area contributed by atoms with Crippen LogP contribution in [0, 0.1) is 0 Å². The number of hydrogen-bond acceptors (Lipinski definition) is 4. The van der Waals surface area contributed by atoms with Crippen LogP contribution in [-0.4, -0.2) is 32.8 Å². The van der Waals surface area contributed by atoms with Gasteiger partial charge in [0, 0.05) is 0 Å². The lowest BCUT2D eigenvalue weighted by atomic mass is 10.2. The first-order valence-electron chi connectivity index (χ1n) is 7.83. The molecule has 1 aromatic rings. The molecule has 1 rings (SSSR count). The van der Waals surface area contributed by atoms with Crippen molar-refractivity contribution >= 4 is 18.4 Å². The Morgan fingerprint density at radius 3 is 2.59 bits per heavy atom. The van der Waals surface area contributed by atoms with E-state index in [0.29, 0.717) is 24.5 Å². The molecule has 0 heterocycles. The van der Waals surface area contributed by atoms with Crippen molar-refractivity contribution in [2.75, 3.05) is 26.8 Å². The highest BCUT2D eigenvalue weighted by Crippen LogP contribution is 2.19. The van der Waals surface area contributed by atoms with Gasteiger partial charge in [0.25, 0.3) is 0 Å². The summed E-state index contributed by atoms with van der Waals surface area (Å²) in [6.45, 7) is 4.19. The number of benzene rings is 1. The second-order valence-corrected chi connectivity index (χ2v) is 5.00. The molecule has 0 amide bonds. The number of unbranched alkanes of at least 4 members (excludes halogenated alkanes) is 3. The third kappa shape index (κ3) is 8.25. The molecule has 0 aliphatic carbocycles. The number of carbonyl (C=O) groups excluding carboxylic acids is 1. The van der Waals surface area contributed by atoms with Crippen molar-refractivity contribution in [1.82, 2.24) is 5.32 Å². The molecule has 0 aromatic heterocycles. The maximum absolute atomic E-state index is 12.0. The van der Waals surface area contributed by atoms with Crippen molar-refractivity contribution in [3.8, 4) is 5.75 Å². The van der Waals surface area contributed by atoms with Crippen LogP contribution in [0.15, 0.2) is 24.3 Å². The largest absolute Gasteiger partial charge is 0.493 e. The Hall–Kier alpha value is -1.26. The topological polar surface area (TPSA) is 47.6 Å². The molecule has 0 spiro atoms. The molecule has 0 bridgehead atoms. The number of nitrogens with one attached hydrogen (secondary N) is 1. The highest BCUT2D eigenvalue weighted by Gasteiger charge is 2.13. The van der Waals surface area contributed by atoms with E-state index in [0.717, 1.165) is 38.6 Å². The summed E-state index contributed by atoms with van der Waals surface area (Å²) in [5.74, 6) is 0.321. The lowest BCUT2D eigenvalue weighted by Crippen LogP contribution is -2.10. The summed E-state index contributed by atoms with van der Waals surface area (Å²) in [6.07, 6.45) is 5.14. The molecule has 0 saturated heterocycles. The maximum atomic E-state index is 12.0. The normalized spacial score (nSPS) is 9.91. The predicted molar refractivity (Wildman–Crippen MR) is 92.2 cm³/mol. The maximum Gasteiger partial charge on any atom is 0.341 e. The SMILES string of the molecule is CCCCOC(=O)c1ccccc1OCCCCCNC.Cl. The Labute approximate surface area is 140 Å². The van der Waals surface area contributed by atoms with Gasteiger partial charge in [0.2, 0.25) is 0 Å². The lowest BCUT2D eigenvalue weighted by molar-refractivity contribution is 0.0495. The average Bonchev–Trinajstić information content (AvgIpc) is 2.51. The highest BCUT2D eigenvalue weighted by atomic mass is 35.5. The highest BCUT2D eigenvalue weighted by molar-refractivity contribution is 5.92. The van der Waals surface area contributed by atoms with Crippen LogP contribution in [0.3, 0.4) is 0 Å². The minimum absolute atomic E-state index is 0. The quantitative estimate of drug-likeness (QED) is 0.495. The van der Waals surface area contributed by atoms with Gasteiger partial charge in [-0.3, -0.25) is 0 Å². The van der Waals surface area contributed by atoms with Gasteiger partial charge in [-0.2, -0.15) is 0 Å². The van der Waals surface area contributed by atoms with E-state index in [1.165, 1.54) is 0 Å². The van der Waals surface area contributed by atoms with E-state index in [4.69, 9.17) is 9.47 Å². The smallest absolute Gasteiger partial charge is 0.341 e. The van der Waals surface area contributed by atoms with Gasteiger partial charge >= 0.3 is 5.97 Å². The van der Waals surface area contributed by atoms with E-state index in [1.807, 2.05) is 25.2 Å². The molecule has 0 saturated carbocycles. The minimum atomic E-state index is -0.297. The monoisotopic (exact) mass is 329 g/mol. The zero-order chi connectivity index (χ0) is 15.3. The van der Waals surface area contributed by atoms with Crippen molar-refractivity contribution in [2.24, 2.45) is 0 Å². The third-order valence-electron chi connectivity index (χ3n) is 3.17. The minimum Gasteiger partial charge on any atom is -0.493 e. The Morgan fingerprint density at radius 1 is 1.09 bits per heavy atom. The zero-order valence-corrected chi connectivity index (χ0v) is 14.4. The average molecular weight is 330 g/mol. The summed E-state index contributed by atoms with van der Waals surface area (Å²) < 4.78 is 11.0. The van der Waals surface area contributed by atoms with Crippen LogP contribution in [-0.2, 0) is 4.74 Å². The molecule has 0 unspecified atom stereocenters. The zero-order valence-electron chi connectivity index (χ0n) is 13.6. The second-order valence-electron chi connectivity index (χ2n) is 5.00. The molecular weight excluding hydrogens is 302 g/mol. The third-order valence-corrected chi connectivity index (χ3v) is 3.17. The number of halogens is 1. The number of esters is 1. The van der Waals surface area contributed by atoms with Crippen LogP contribution in [0.4, 0.5) is 0 Å². The molecule has 4 nitrogen and oxygen atoms in total. The predicted octanol–water partition coefficient (Wildman–Crippen LogP) is 3.83. The van der Waals surface area contributed by atoms with Crippen LogP contribution in [0.25, 0.3) is 0 Å². The Bertz CT molecular complexity index is 413. The Kier molecular flexibility index (Phi) is 12.6. The number of hydrogen-bond donors (Lipinski definition) is 1. The molecule has 0 fully saturated rings. The van der Waals surface area contributed by atoms with E-state index in [-0.39, 0.29) is 18.4 Å². The Morgan fingerprint density at radius 2 is 1.86 bits per heavy atom. The fraction of sp³-hybridized carbons (Fsp3) is 0.588. The Balaban J connectivity index is 0.00000441. The van der Waals surface area contributed by atoms with Crippen LogP contribution in [0.2, 0.25) is 0 Å². The van der Waals surface area contributed by atoms with Gasteiger partial charge in [-0.1, -0.05) is 25.5 Å².